The standard InChI is InChI=1S/C11H13F2NO2/c1-2-16-11(15)14-4-3-8-5-9(12)7-10(13)6-8/h5-7H,2-4H2,1H3,(H,14,15). The molecule has 0 aromatic heterocycles. The van der Waals surface area contributed by atoms with Crippen LogP contribution in [0.25, 0.3) is 0 Å². The summed E-state index contributed by atoms with van der Waals surface area (Å²) in [5.74, 6) is -1.24. The molecule has 1 rings (SSSR count). The number of amides is 1. The minimum atomic E-state index is -0.619. The zero-order chi connectivity index (χ0) is 12.0. The molecular weight excluding hydrogens is 216 g/mol. The highest BCUT2D eigenvalue weighted by Crippen LogP contribution is 2.07. The summed E-state index contributed by atoms with van der Waals surface area (Å²) in [6.45, 7) is 2.27. The van der Waals surface area contributed by atoms with E-state index >= 15 is 0 Å². The molecule has 0 aliphatic rings. The van der Waals surface area contributed by atoms with E-state index < -0.39 is 17.7 Å². The Hall–Kier alpha value is -1.65. The molecule has 0 aliphatic carbocycles. The Morgan fingerprint density at radius 3 is 2.50 bits per heavy atom. The summed E-state index contributed by atoms with van der Waals surface area (Å²) in [4.78, 5) is 10.9. The van der Waals surface area contributed by atoms with Crippen molar-refractivity contribution in [2.75, 3.05) is 13.2 Å². The third-order valence-electron chi connectivity index (χ3n) is 1.88. The van der Waals surface area contributed by atoms with Crippen LogP contribution in [0.5, 0.6) is 0 Å². The number of benzene rings is 1. The number of halogens is 2. The minimum absolute atomic E-state index is 0.279. The zero-order valence-electron chi connectivity index (χ0n) is 8.93. The fourth-order valence-electron chi connectivity index (χ4n) is 1.25. The van der Waals surface area contributed by atoms with Crippen molar-refractivity contribution in [3.63, 3.8) is 0 Å². The lowest BCUT2D eigenvalue weighted by Crippen LogP contribution is -2.26. The topological polar surface area (TPSA) is 38.3 Å². The van der Waals surface area contributed by atoms with Crippen LogP contribution in [0.2, 0.25) is 0 Å². The molecule has 1 aromatic carbocycles. The normalized spacial score (nSPS) is 9.94. The van der Waals surface area contributed by atoms with Crippen molar-refractivity contribution in [3.05, 3.63) is 35.4 Å². The lowest BCUT2D eigenvalue weighted by Gasteiger charge is -2.05. The van der Waals surface area contributed by atoms with Crippen LogP contribution in [0.4, 0.5) is 13.6 Å². The van der Waals surface area contributed by atoms with Gasteiger partial charge in [0.25, 0.3) is 0 Å². The second-order valence-electron chi connectivity index (χ2n) is 3.17. The number of ether oxygens (including phenoxy) is 1. The van der Waals surface area contributed by atoms with E-state index in [4.69, 9.17) is 0 Å². The Balaban J connectivity index is 2.40. The zero-order valence-corrected chi connectivity index (χ0v) is 8.93. The summed E-state index contributed by atoms with van der Waals surface area (Å²) in [7, 11) is 0. The quantitative estimate of drug-likeness (QED) is 0.860. The number of carbonyl (C=O) groups excluding carboxylic acids is 1. The van der Waals surface area contributed by atoms with Crippen molar-refractivity contribution in [2.45, 2.75) is 13.3 Å². The first-order valence-corrected chi connectivity index (χ1v) is 4.97. The Labute approximate surface area is 92.4 Å². The van der Waals surface area contributed by atoms with E-state index in [2.05, 4.69) is 10.1 Å². The number of rotatable bonds is 4. The third-order valence-corrected chi connectivity index (χ3v) is 1.88. The molecule has 0 atom stereocenters. The van der Waals surface area contributed by atoms with Crippen LogP contribution in [0.15, 0.2) is 18.2 Å². The van der Waals surface area contributed by atoms with Gasteiger partial charge in [-0.25, -0.2) is 13.6 Å². The molecule has 0 radical (unpaired) electrons. The molecule has 0 aliphatic heterocycles. The van der Waals surface area contributed by atoms with Crippen LogP contribution in [0, 0.1) is 11.6 Å². The van der Waals surface area contributed by atoms with Gasteiger partial charge in [-0.05, 0) is 31.0 Å². The van der Waals surface area contributed by atoms with Crippen LogP contribution in [-0.4, -0.2) is 19.2 Å². The molecule has 1 amide bonds. The first-order chi connectivity index (χ1) is 7.61. The molecule has 3 nitrogen and oxygen atoms in total. The third kappa shape index (κ3) is 4.25. The largest absolute Gasteiger partial charge is 0.450 e. The monoisotopic (exact) mass is 229 g/mol. The SMILES string of the molecule is CCOC(=O)NCCc1cc(F)cc(F)c1. The van der Waals surface area contributed by atoms with Gasteiger partial charge in [-0.2, -0.15) is 0 Å². The number of hydrogen-bond donors (Lipinski definition) is 1. The number of hydrogen-bond acceptors (Lipinski definition) is 2. The average Bonchev–Trinajstić information content (AvgIpc) is 2.16. The van der Waals surface area contributed by atoms with Crippen LogP contribution < -0.4 is 5.32 Å². The average molecular weight is 229 g/mol. The summed E-state index contributed by atoms with van der Waals surface area (Å²) in [5.41, 5.74) is 0.495. The van der Waals surface area contributed by atoms with Crippen molar-refractivity contribution in [2.24, 2.45) is 0 Å². The van der Waals surface area contributed by atoms with Gasteiger partial charge in [0.05, 0.1) is 6.61 Å². The number of alkyl carbamates (subject to hydrolysis) is 1. The van der Waals surface area contributed by atoms with Gasteiger partial charge in [-0.3, -0.25) is 0 Å². The Bertz CT molecular complexity index is 349. The van der Waals surface area contributed by atoms with Gasteiger partial charge in [-0.15, -0.1) is 0 Å². The van der Waals surface area contributed by atoms with E-state index in [1.165, 1.54) is 12.1 Å². The predicted molar refractivity (Wildman–Crippen MR) is 55.1 cm³/mol. The van der Waals surface area contributed by atoms with Crippen molar-refractivity contribution in [1.82, 2.24) is 5.32 Å². The Morgan fingerprint density at radius 1 is 1.31 bits per heavy atom. The molecule has 0 saturated carbocycles. The van der Waals surface area contributed by atoms with Crippen LogP contribution in [-0.2, 0) is 11.2 Å². The van der Waals surface area contributed by atoms with Crippen LogP contribution in [0.1, 0.15) is 12.5 Å². The molecule has 0 bridgehead atoms. The van der Waals surface area contributed by atoms with Gasteiger partial charge in [0.1, 0.15) is 11.6 Å². The van der Waals surface area contributed by atoms with Crippen molar-refractivity contribution in [1.29, 1.82) is 0 Å². The minimum Gasteiger partial charge on any atom is -0.450 e. The van der Waals surface area contributed by atoms with Gasteiger partial charge in [0.15, 0.2) is 0 Å². The van der Waals surface area contributed by atoms with Crippen molar-refractivity contribution < 1.29 is 18.3 Å². The molecule has 0 spiro atoms. The Morgan fingerprint density at radius 2 is 1.94 bits per heavy atom. The molecule has 0 fully saturated rings. The molecule has 16 heavy (non-hydrogen) atoms. The van der Waals surface area contributed by atoms with Gasteiger partial charge < -0.3 is 10.1 Å². The maximum absolute atomic E-state index is 12.8. The molecule has 0 saturated heterocycles. The highest BCUT2D eigenvalue weighted by Gasteiger charge is 2.02. The first kappa shape index (κ1) is 12.4. The molecule has 1 N–H and O–H groups in total. The maximum atomic E-state index is 12.8. The van der Waals surface area contributed by atoms with E-state index in [-0.39, 0.29) is 6.54 Å². The lowest BCUT2D eigenvalue weighted by atomic mass is 10.1. The van der Waals surface area contributed by atoms with E-state index in [0.717, 1.165) is 6.07 Å². The predicted octanol–water partition coefficient (Wildman–Crippen LogP) is 2.25. The molecular formula is C11H13F2NO2. The summed E-state index contributed by atoms with van der Waals surface area (Å²) in [5, 5.41) is 2.46. The van der Waals surface area contributed by atoms with Gasteiger partial charge in [0, 0.05) is 12.6 Å². The van der Waals surface area contributed by atoms with Gasteiger partial charge in [-0.1, -0.05) is 0 Å². The van der Waals surface area contributed by atoms with Gasteiger partial charge >= 0.3 is 6.09 Å². The van der Waals surface area contributed by atoms with Gasteiger partial charge in [0.2, 0.25) is 0 Å². The van der Waals surface area contributed by atoms with Crippen LogP contribution >= 0.6 is 0 Å². The highest BCUT2D eigenvalue weighted by molar-refractivity contribution is 5.67. The lowest BCUT2D eigenvalue weighted by molar-refractivity contribution is 0.152. The number of nitrogens with one attached hydrogen (secondary N) is 1. The van der Waals surface area contributed by atoms with Crippen molar-refractivity contribution in [3.8, 4) is 0 Å². The Kier molecular flexibility index (Phi) is 4.69. The molecule has 0 heterocycles. The van der Waals surface area contributed by atoms with Crippen molar-refractivity contribution >= 4 is 6.09 Å². The maximum Gasteiger partial charge on any atom is 0.407 e. The molecule has 0 unspecified atom stereocenters. The smallest absolute Gasteiger partial charge is 0.407 e. The van der Waals surface area contributed by atoms with E-state index in [0.29, 0.717) is 18.6 Å². The summed E-state index contributed by atoms with van der Waals surface area (Å²) in [6.07, 6.45) is -0.174. The summed E-state index contributed by atoms with van der Waals surface area (Å²) in [6, 6.07) is 3.27. The van der Waals surface area contributed by atoms with E-state index in [1.54, 1.807) is 6.92 Å². The fraction of sp³-hybridized carbons (Fsp3) is 0.364. The van der Waals surface area contributed by atoms with E-state index in [1.807, 2.05) is 0 Å². The fourth-order valence-corrected chi connectivity index (χ4v) is 1.25. The molecule has 88 valence electrons. The second-order valence-corrected chi connectivity index (χ2v) is 3.17. The number of carbonyl (C=O) groups is 1. The first-order valence-electron chi connectivity index (χ1n) is 4.97. The summed E-state index contributed by atoms with van der Waals surface area (Å²) >= 11 is 0. The van der Waals surface area contributed by atoms with E-state index in [9.17, 15) is 13.6 Å². The molecule has 1 aromatic rings. The molecule has 5 heteroatoms. The summed E-state index contributed by atoms with van der Waals surface area (Å²) < 4.78 is 30.2. The highest BCUT2D eigenvalue weighted by atomic mass is 19.1. The second kappa shape index (κ2) is 6.05. The van der Waals surface area contributed by atoms with Crippen LogP contribution in [0.3, 0.4) is 0 Å².